The largest absolute Gasteiger partial charge is 0.476 e. The molecular weight excluding hydrogens is 268 g/mol. The third kappa shape index (κ3) is 2.16. The van der Waals surface area contributed by atoms with E-state index in [4.69, 9.17) is 0 Å². The number of nitrogens with zero attached hydrogens (tertiary/aromatic N) is 2. The van der Waals surface area contributed by atoms with Crippen LogP contribution >= 0.6 is 0 Å². The van der Waals surface area contributed by atoms with E-state index in [1.807, 2.05) is 4.57 Å². The zero-order valence-electron chi connectivity index (χ0n) is 10.5. The zero-order chi connectivity index (χ0) is 13.6. The SMILES string of the molecule is O=C(O)c1nc(C2CCS(=O)(=O)C2)n2c1CCCC2. The molecule has 1 N–H and O–H groups in total. The molecule has 3 rings (SSSR count). The van der Waals surface area contributed by atoms with Crippen LogP contribution in [-0.4, -0.2) is 40.6 Å². The molecule has 1 fully saturated rings. The first kappa shape index (κ1) is 12.7. The van der Waals surface area contributed by atoms with Gasteiger partial charge in [0.05, 0.1) is 17.2 Å². The molecule has 0 spiro atoms. The van der Waals surface area contributed by atoms with Gasteiger partial charge in [0.1, 0.15) is 5.82 Å². The minimum absolute atomic E-state index is 0.0997. The summed E-state index contributed by atoms with van der Waals surface area (Å²) in [5, 5.41) is 9.21. The fourth-order valence-corrected chi connectivity index (χ4v) is 4.79. The lowest BCUT2D eigenvalue weighted by molar-refractivity contribution is 0.0689. The third-order valence-electron chi connectivity index (χ3n) is 3.95. The lowest BCUT2D eigenvalue weighted by atomic mass is 10.1. The molecule has 1 atom stereocenters. The summed E-state index contributed by atoms with van der Waals surface area (Å²) in [4.78, 5) is 15.5. The molecule has 0 saturated carbocycles. The number of sulfone groups is 1. The Labute approximate surface area is 111 Å². The van der Waals surface area contributed by atoms with Crippen molar-refractivity contribution in [2.75, 3.05) is 11.5 Å². The van der Waals surface area contributed by atoms with Gasteiger partial charge in [-0.15, -0.1) is 0 Å². The Morgan fingerprint density at radius 2 is 2.16 bits per heavy atom. The molecule has 2 aliphatic heterocycles. The summed E-state index contributed by atoms with van der Waals surface area (Å²) in [7, 11) is -2.98. The number of hydrogen-bond acceptors (Lipinski definition) is 4. The summed E-state index contributed by atoms with van der Waals surface area (Å²) >= 11 is 0. The van der Waals surface area contributed by atoms with E-state index in [1.165, 1.54) is 0 Å². The second-order valence-electron chi connectivity index (χ2n) is 5.28. The van der Waals surface area contributed by atoms with E-state index >= 15 is 0 Å². The average Bonchev–Trinajstić information content (AvgIpc) is 2.89. The Morgan fingerprint density at radius 1 is 1.37 bits per heavy atom. The Kier molecular flexibility index (Phi) is 2.88. The summed E-state index contributed by atoms with van der Waals surface area (Å²) in [6.07, 6.45) is 3.23. The number of carboxylic acid groups (broad SMARTS) is 1. The molecule has 0 radical (unpaired) electrons. The maximum Gasteiger partial charge on any atom is 0.356 e. The average molecular weight is 284 g/mol. The first-order valence-corrected chi connectivity index (χ1v) is 8.33. The summed E-state index contributed by atoms with van der Waals surface area (Å²) < 4.78 is 25.1. The third-order valence-corrected chi connectivity index (χ3v) is 5.72. The highest BCUT2D eigenvalue weighted by Gasteiger charge is 2.35. The maximum atomic E-state index is 11.6. The predicted molar refractivity (Wildman–Crippen MR) is 68.1 cm³/mol. The van der Waals surface area contributed by atoms with Crippen molar-refractivity contribution in [2.24, 2.45) is 0 Å². The van der Waals surface area contributed by atoms with Crippen LogP contribution in [0.3, 0.4) is 0 Å². The molecule has 0 amide bonds. The normalized spacial score (nSPS) is 25.2. The van der Waals surface area contributed by atoms with Crippen LogP contribution in [0.4, 0.5) is 0 Å². The summed E-state index contributed by atoms with van der Waals surface area (Å²) in [5.74, 6) is -0.217. The van der Waals surface area contributed by atoms with Crippen LogP contribution in [0, 0.1) is 0 Å². The molecule has 0 bridgehead atoms. The number of aromatic carboxylic acids is 1. The Balaban J connectivity index is 2.05. The highest BCUT2D eigenvalue weighted by Crippen LogP contribution is 2.32. The Morgan fingerprint density at radius 3 is 2.79 bits per heavy atom. The number of aromatic nitrogens is 2. The number of rotatable bonds is 2. The molecule has 1 aromatic heterocycles. The number of hydrogen-bond donors (Lipinski definition) is 1. The number of carboxylic acids is 1. The van der Waals surface area contributed by atoms with Crippen molar-refractivity contribution in [3.63, 3.8) is 0 Å². The molecule has 6 nitrogen and oxygen atoms in total. The molecule has 0 aromatic carbocycles. The van der Waals surface area contributed by atoms with Crippen molar-refractivity contribution in [1.82, 2.24) is 9.55 Å². The zero-order valence-corrected chi connectivity index (χ0v) is 11.3. The van der Waals surface area contributed by atoms with E-state index in [-0.39, 0.29) is 23.1 Å². The summed E-state index contributed by atoms with van der Waals surface area (Å²) in [6.45, 7) is 0.751. The fourth-order valence-electron chi connectivity index (χ4n) is 3.05. The van der Waals surface area contributed by atoms with Gasteiger partial charge in [-0.1, -0.05) is 0 Å². The first-order chi connectivity index (χ1) is 8.98. The summed E-state index contributed by atoms with van der Waals surface area (Å²) in [5.41, 5.74) is 0.872. The second kappa shape index (κ2) is 4.33. The Hall–Kier alpha value is -1.37. The van der Waals surface area contributed by atoms with Crippen LogP contribution in [-0.2, 0) is 22.8 Å². The van der Waals surface area contributed by atoms with Gasteiger partial charge in [0.2, 0.25) is 0 Å². The smallest absolute Gasteiger partial charge is 0.356 e. The molecular formula is C12H16N2O4S. The molecule has 104 valence electrons. The lowest BCUT2D eigenvalue weighted by Gasteiger charge is -2.18. The van der Waals surface area contributed by atoms with Crippen LogP contribution in [0.15, 0.2) is 0 Å². The second-order valence-corrected chi connectivity index (χ2v) is 7.51. The first-order valence-electron chi connectivity index (χ1n) is 6.51. The molecule has 0 aliphatic carbocycles. The van der Waals surface area contributed by atoms with Crippen molar-refractivity contribution in [3.8, 4) is 0 Å². The van der Waals surface area contributed by atoms with Crippen LogP contribution < -0.4 is 0 Å². The Bertz CT molecular complexity index is 632. The van der Waals surface area contributed by atoms with Gasteiger partial charge in [-0.2, -0.15) is 0 Å². The van der Waals surface area contributed by atoms with Crippen molar-refractivity contribution in [1.29, 1.82) is 0 Å². The van der Waals surface area contributed by atoms with Gasteiger partial charge in [-0.25, -0.2) is 18.2 Å². The monoisotopic (exact) mass is 284 g/mol. The molecule has 1 saturated heterocycles. The van der Waals surface area contributed by atoms with Crippen molar-refractivity contribution >= 4 is 15.8 Å². The van der Waals surface area contributed by atoms with Gasteiger partial charge < -0.3 is 9.67 Å². The minimum atomic E-state index is -2.98. The van der Waals surface area contributed by atoms with Crippen LogP contribution in [0.2, 0.25) is 0 Å². The van der Waals surface area contributed by atoms with E-state index in [2.05, 4.69) is 4.98 Å². The molecule has 3 heterocycles. The van der Waals surface area contributed by atoms with Crippen molar-refractivity contribution in [3.05, 3.63) is 17.2 Å². The lowest BCUT2D eigenvalue weighted by Crippen LogP contribution is -2.16. The van der Waals surface area contributed by atoms with Gasteiger partial charge in [0.25, 0.3) is 0 Å². The van der Waals surface area contributed by atoms with Gasteiger partial charge in [0, 0.05) is 12.5 Å². The van der Waals surface area contributed by atoms with Gasteiger partial charge in [0.15, 0.2) is 15.5 Å². The van der Waals surface area contributed by atoms with E-state index in [0.717, 1.165) is 25.1 Å². The molecule has 1 unspecified atom stereocenters. The van der Waals surface area contributed by atoms with E-state index in [0.29, 0.717) is 18.7 Å². The van der Waals surface area contributed by atoms with E-state index in [1.54, 1.807) is 0 Å². The number of carbonyl (C=O) groups is 1. The molecule has 19 heavy (non-hydrogen) atoms. The maximum absolute atomic E-state index is 11.6. The topological polar surface area (TPSA) is 89.3 Å². The molecule has 2 aliphatic rings. The van der Waals surface area contributed by atoms with Gasteiger partial charge in [-0.05, 0) is 25.7 Å². The quantitative estimate of drug-likeness (QED) is 0.868. The molecule has 7 heteroatoms. The highest BCUT2D eigenvalue weighted by atomic mass is 32.2. The van der Waals surface area contributed by atoms with Gasteiger partial charge in [-0.3, -0.25) is 0 Å². The van der Waals surface area contributed by atoms with Gasteiger partial charge >= 0.3 is 5.97 Å². The standard InChI is InChI=1S/C12H16N2O4S/c15-12(16)10-9-3-1-2-5-14(9)11(13-10)8-4-6-19(17,18)7-8/h8H,1-7H2,(H,15,16). The van der Waals surface area contributed by atoms with Crippen LogP contribution in [0.25, 0.3) is 0 Å². The van der Waals surface area contributed by atoms with Crippen molar-refractivity contribution in [2.45, 2.75) is 38.1 Å². The molecule has 1 aromatic rings. The predicted octanol–water partition coefficient (Wildman–Crippen LogP) is 0.820. The summed E-state index contributed by atoms with van der Waals surface area (Å²) in [6, 6.07) is 0. The number of imidazole rings is 1. The minimum Gasteiger partial charge on any atom is -0.476 e. The number of fused-ring (bicyclic) bond motifs is 1. The highest BCUT2D eigenvalue weighted by molar-refractivity contribution is 7.91. The van der Waals surface area contributed by atoms with E-state index < -0.39 is 15.8 Å². The van der Waals surface area contributed by atoms with Crippen LogP contribution in [0.5, 0.6) is 0 Å². The van der Waals surface area contributed by atoms with Crippen molar-refractivity contribution < 1.29 is 18.3 Å². The van der Waals surface area contributed by atoms with E-state index in [9.17, 15) is 18.3 Å². The van der Waals surface area contributed by atoms with Crippen LogP contribution in [0.1, 0.15) is 47.2 Å². The fraction of sp³-hybridized carbons (Fsp3) is 0.667.